The molecule has 1 saturated carbocycles. The van der Waals surface area contributed by atoms with Crippen LogP contribution < -0.4 is 5.32 Å². The first-order valence-electron chi connectivity index (χ1n) is 3.63. The summed E-state index contributed by atoms with van der Waals surface area (Å²) in [6.45, 7) is 0. The smallest absolute Gasteiger partial charge is 0.222 e. The molecule has 2 N–H and O–H groups in total. The molecule has 0 aromatic rings. The number of rotatable bonds is 1. The molecule has 0 aromatic carbocycles. The Balaban J connectivity index is 2.37. The van der Waals surface area contributed by atoms with Crippen molar-refractivity contribution in [3.63, 3.8) is 0 Å². The van der Waals surface area contributed by atoms with Gasteiger partial charge in [0.1, 0.15) is 0 Å². The molecule has 0 aliphatic heterocycles. The molecule has 10 heavy (non-hydrogen) atoms. The molecule has 0 bridgehead atoms. The monoisotopic (exact) mass is 143 g/mol. The van der Waals surface area contributed by atoms with E-state index in [2.05, 4.69) is 5.32 Å². The van der Waals surface area contributed by atoms with Crippen molar-refractivity contribution >= 4 is 5.91 Å². The third-order valence-electron chi connectivity index (χ3n) is 2.02. The van der Waals surface area contributed by atoms with Crippen LogP contribution in [0.1, 0.15) is 19.3 Å². The fraction of sp³-hybridized carbons (Fsp3) is 0.857. The van der Waals surface area contributed by atoms with Crippen molar-refractivity contribution in [1.29, 1.82) is 0 Å². The molecule has 58 valence electrons. The summed E-state index contributed by atoms with van der Waals surface area (Å²) in [5.74, 6) is 0.122. The van der Waals surface area contributed by atoms with Crippen molar-refractivity contribution in [2.45, 2.75) is 25.4 Å². The average molecular weight is 143 g/mol. The molecule has 0 spiro atoms. The Kier molecular flexibility index (Phi) is 2.27. The van der Waals surface area contributed by atoms with Gasteiger partial charge in [-0.25, -0.2) is 0 Å². The van der Waals surface area contributed by atoms with Gasteiger partial charge in [-0.15, -0.1) is 0 Å². The molecule has 0 radical (unpaired) electrons. The highest BCUT2D eigenvalue weighted by Crippen LogP contribution is 2.24. The zero-order valence-electron chi connectivity index (χ0n) is 6.13. The molecule has 1 fully saturated rings. The molecule has 0 saturated heterocycles. The van der Waals surface area contributed by atoms with Gasteiger partial charge in [0.15, 0.2) is 0 Å². The molecule has 2 unspecified atom stereocenters. The Morgan fingerprint density at radius 3 is 2.70 bits per heavy atom. The number of amides is 1. The van der Waals surface area contributed by atoms with E-state index in [1.165, 1.54) is 0 Å². The van der Waals surface area contributed by atoms with Gasteiger partial charge >= 0.3 is 0 Å². The molecule has 3 heteroatoms. The van der Waals surface area contributed by atoms with Gasteiger partial charge in [-0.1, -0.05) is 0 Å². The molecule has 1 aliphatic carbocycles. The van der Waals surface area contributed by atoms with Crippen LogP contribution in [0.5, 0.6) is 0 Å². The summed E-state index contributed by atoms with van der Waals surface area (Å²) in [5, 5.41) is 11.6. The maximum Gasteiger partial charge on any atom is 0.222 e. The number of aliphatic hydroxyl groups is 1. The van der Waals surface area contributed by atoms with E-state index in [9.17, 15) is 4.79 Å². The van der Waals surface area contributed by atoms with E-state index < -0.39 is 0 Å². The maximum atomic E-state index is 10.9. The number of carbonyl (C=O) groups excluding carboxylic acids is 1. The minimum Gasteiger partial charge on any atom is -0.393 e. The van der Waals surface area contributed by atoms with Gasteiger partial charge in [-0.3, -0.25) is 4.79 Å². The van der Waals surface area contributed by atoms with E-state index in [-0.39, 0.29) is 17.9 Å². The van der Waals surface area contributed by atoms with Gasteiger partial charge in [0.05, 0.1) is 6.10 Å². The molecular weight excluding hydrogens is 130 g/mol. The van der Waals surface area contributed by atoms with Crippen LogP contribution >= 0.6 is 0 Å². The second-order valence-electron chi connectivity index (χ2n) is 2.78. The van der Waals surface area contributed by atoms with Gasteiger partial charge in [-0.2, -0.15) is 0 Å². The molecule has 1 amide bonds. The van der Waals surface area contributed by atoms with Gasteiger partial charge in [-0.05, 0) is 19.3 Å². The van der Waals surface area contributed by atoms with Crippen molar-refractivity contribution in [2.75, 3.05) is 7.05 Å². The van der Waals surface area contributed by atoms with Crippen LogP contribution in [0.4, 0.5) is 0 Å². The Hall–Kier alpha value is -0.570. The Bertz CT molecular complexity index is 136. The topological polar surface area (TPSA) is 49.3 Å². The summed E-state index contributed by atoms with van der Waals surface area (Å²) in [5.41, 5.74) is 0. The van der Waals surface area contributed by atoms with E-state index in [1.807, 2.05) is 0 Å². The predicted octanol–water partition coefficient (Wildman–Crippen LogP) is -0.107. The van der Waals surface area contributed by atoms with Gasteiger partial charge < -0.3 is 10.4 Å². The highest BCUT2D eigenvalue weighted by molar-refractivity contribution is 5.78. The lowest BCUT2D eigenvalue weighted by atomic mass is 10.1. The van der Waals surface area contributed by atoms with Crippen LogP contribution in [0.25, 0.3) is 0 Å². The number of carbonyl (C=O) groups is 1. The Morgan fingerprint density at radius 1 is 1.60 bits per heavy atom. The molecule has 3 nitrogen and oxygen atoms in total. The van der Waals surface area contributed by atoms with Crippen LogP contribution in [-0.4, -0.2) is 24.2 Å². The number of nitrogens with one attached hydrogen (secondary N) is 1. The number of aliphatic hydroxyl groups excluding tert-OH is 1. The zero-order valence-corrected chi connectivity index (χ0v) is 6.13. The van der Waals surface area contributed by atoms with Crippen molar-refractivity contribution in [3.05, 3.63) is 0 Å². The molecular formula is C7H13NO2. The van der Waals surface area contributed by atoms with E-state index in [1.54, 1.807) is 7.05 Å². The SMILES string of the molecule is CNC(=O)C1CCC(O)C1. The van der Waals surface area contributed by atoms with Gasteiger partial charge in [0, 0.05) is 13.0 Å². The van der Waals surface area contributed by atoms with Crippen LogP contribution in [0.3, 0.4) is 0 Å². The first kappa shape index (κ1) is 7.54. The lowest BCUT2D eigenvalue weighted by Crippen LogP contribution is -2.25. The van der Waals surface area contributed by atoms with Crippen LogP contribution in [0, 0.1) is 5.92 Å². The van der Waals surface area contributed by atoms with E-state index in [0.29, 0.717) is 6.42 Å². The summed E-state index contributed by atoms with van der Waals surface area (Å²) in [6, 6.07) is 0. The fourth-order valence-corrected chi connectivity index (χ4v) is 1.40. The van der Waals surface area contributed by atoms with Crippen LogP contribution in [0.2, 0.25) is 0 Å². The zero-order chi connectivity index (χ0) is 7.56. The Morgan fingerprint density at radius 2 is 2.30 bits per heavy atom. The maximum absolute atomic E-state index is 10.9. The van der Waals surface area contributed by atoms with Crippen molar-refractivity contribution in [3.8, 4) is 0 Å². The minimum absolute atomic E-state index is 0.0556. The van der Waals surface area contributed by atoms with Gasteiger partial charge in [0.2, 0.25) is 5.91 Å². The molecule has 1 aliphatic rings. The second kappa shape index (κ2) is 3.01. The highest BCUT2D eigenvalue weighted by Gasteiger charge is 2.27. The predicted molar refractivity (Wildman–Crippen MR) is 37.4 cm³/mol. The quantitative estimate of drug-likeness (QED) is 0.538. The third-order valence-corrected chi connectivity index (χ3v) is 2.02. The summed E-state index contributed by atoms with van der Waals surface area (Å²) >= 11 is 0. The second-order valence-corrected chi connectivity index (χ2v) is 2.78. The van der Waals surface area contributed by atoms with Crippen LogP contribution in [-0.2, 0) is 4.79 Å². The molecule has 0 heterocycles. The molecule has 0 aromatic heterocycles. The fourth-order valence-electron chi connectivity index (χ4n) is 1.40. The normalized spacial score (nSPS) is 32.2. The van der Waals surface area contributed by atoms with E-state index in [4.69, 9.17) is 5.11 Å². The van der Waals surface area contributed by atoms with Gasteiger partial charge in [0.25, 0.3) is 0 Å². The summed E-state index contributed by atoms with van der Waals surface area (Å²) in [4.78, 5) is 10.9. The number of hydrogen-bond donors (Lipinski definition) is 2. The first-order chi connectivity index (χ1) is 4.74. The van der Waals surface area contributed by atoms with Crippen LogP contribution in [0.15, 0.2) is 0 Å². The van der Waals surface area contributed by atoms with E-state index >= 15 is 0 Å². The first-order valence-corrected chi connectivity index (χ1v) is 3.63. The number of hydrogen-bond acceptors (Lipinski definition) is 2. The van der Waals surface area contributed by atoms with Crippen molar-refractivity contribution in [1.82, 2.24) is 5.32 Å². The van der Waals surface area contributed by atoms with Crippen molar-refractivity contribution in [2.24, 2.45) is 5.92 Å². The standard InChI is InChI=1S/C7H13NO2/c1-8-7(10)5-2-3-6(9)4-5/h5-6,9H,2-4H2,1H3,(H,8,10). The van der Waals surface area contributed by atoms with E-state index in [0.717, 1.165) is 12.8 Å². The average Bonchev–Trinajstić information content (AvgIpc) is 2.34. The highest BCUT2D eigenvalue weighted by atomic mass is 16.3. The summed E-state index contributed by atoms with van der Waals surface area (Å²) in [7, 11) is 1.63. The minimum atomic E-state index is -0.248. The summed E-state index contributed by atoms with van der Waals surface area (Å²) in [6.07, 6.45) is 2.00. The third kappa shape index (κ3) is 1.48. The Labute approximate surface area is 60.4 Å². The lowest BCUT2D eigenvalue weighted by molar-refractivity contribution is -0.124. The lowest BCUT2D eigenvalue weighted by Gasteiger charge is -2.05. The molecule has 2 atom stereocenters. The largest absolute Gasteiger partial charge is 0.393 e. The summed E-state index contributed by atoms with van der Waals surface area (Å²) < 4.78 is 0. The van der Waals surface area contributed by atoms with Crippen molar-refractivity contribution < 1.29 is 9.90 Å². The molecule has 1 rings (SSSR count).